The highest BCUT2D eigenvalue weighted by Crippen LogP contribution is 2.13. The molecule has 0 fully saturated rings. The van der Waals surface area contributed by atoms with Crippen LogP contribution in [0.15, 0.2) is 24.3 Å². The zero-order valence-electron chi connectivity index (χ0n) is 13.3. The van der Waals surface area contributed by atoms with Crippen molar-refractivity contribution in [1.29, 1.82) is 0 Å². The Morgan fingerprint density at radius 3 is 2.36 bits per heavy atom. The van der Waals surface area contributed by atoms with Gasteiger partial charge in [0, 0.05) is 19.5 Å². The van der Waals surface area contributed by atoms with E-state index in [9.17, 15) is 9.59 Å². The maximum Gasteiger partial charge on any atom is 0.303 e. The fourth-order valence-corrected chi connectivity index (χ4v) is 1.83. The molecule has 0 radical (unpaired) electrons. The predicted octanol–water partition coefficient (Wildman–Crippen LogP) is 1.02. The van der Waals surface area contributed by atoms with Gasteiger partial charge in [0.1, 0.15) is 18.5 Å². The van der Waals surface area contributed by atoms with Crippen molar-refractivity contribution in [2.75, 3.05) is 13.2 Å². The molecule has 0 bridgehead atoms. The molecule has 0 saturated carbocycles. The molecule has 3 N–H and O–H groups in total. The van der Waals surface area contributed by atoms with Crippen LogP contribution in [0.5, 0.6) is 5.75 Å². The summed E-state index contributed by atoms with van der Waals surface area (Å²) in [5, 5.41) is 3.21. The number of carbonyl (C=O) groups is 2. The second kappa shape index (κ2) is 9.04. The van der Waals surface area contributed by atoms with E-state index in [1.54, 1.807) is 24.3 Å². The van der Waals surface area contributed by atoms with E-state index in [-0.39, 0.29) is 31.0 Å². The summed E-state index contributed by atoms with van der Waals surface area (Å²) in [5.41, 5.74) is 5.97. The van der Waals surface area contributed by atoms with Crippen molar-refractivity contribution in [3.8, 4) is 5.75 Å². The van der Waals surface area contributed by atoms with Gasteiger partial charge in [-0.15, -0.1) is 0 Å². The van der Waals surface area contributed by atoms with E-state index in [4.69, 9.17) is 15.2 Å². The van der Waals surface area contributed by atoms with E-state index in [1.165, 1.54) is 6.92 Å². The molecule has 0 aliphatic rings. The molecule has 0 saturated heterocycles. The van der Waals surface area contributed by atoms with E-state index in [0.717, 1.165) is 5.56 Å². The molecule has 1 aromatic carbocycles. The zero-order valence-corrected chi connectivity index (χ0v) is 13.3. The molecular formula is C16H24N2O4. The summed E-state index contributed by atoms with van der Waals surface area (Å²) in [6, 6.07) is 7.39. The average Bonchev–Trinajstić information content (AvgIpc) is 2.42. The summed E-state index contributed by atoms with van der Waals surface area (Å²) in [6.07, 6.45) is -0.153. The Balaban J connectivity index is 2.52. The summed E-state index contributed by atoms with van der Waals surface area (Å²) >= 11 is 0. The van der Waals surface area contributed by atoms with Crippen LogP contribution < -0.4 is 15.8 Å². The highest BCUT2D eigenvalue weighted by atomic mass is 16.6. The Kier molecular flexibility index (Phi) is 7.39. The predicted molar refractivity (Wildman–Crippen MR) is 83.5 cm³/mol. The molecule has 0 spiro atoms. The third-order valence-corrected chi connectivity index (χ3v) is 2.82. The molecular weight excluding hydrogens is 284 g/mol. The van der Waals surface area contributed by atoms with Gasteiger partial charge in [0.2, 0.25) is 5.91 Å². The monoisotopic (exact) mass is 308 g/mol. The first-order valence-electron chi connectivity index (χ1n) is 7.27. The highest BCUT2D eigenvalue weighted by Gasteiger charge is 2.13. The molecule has 0 aliphatic heterocycles. The molecule has 122 valence electrons. The number of esters is 1. The standard InChI is InChI=1S/C16H24N2O4/c1-11(2)18-9-15(22-12(3)19)10-21-14-6-4-13(5-7-14)8-16(17)20/h4-7,11,15,18H,8-10H2,1-3H3,(H2,17,20). The number of hydrogen-bond donors (Lipinski definition) is 2. The minimum absolute atomic E-state index is 0.203. The Morgan fingerprint density at radius 1 is 1.23 bits per heavy atom. The topological polar surface area (TPSA) is 90.7 Å². The van der Waals surface area contributed by atoms with Gasteiger partial charge < -0.3 is 20.5 Å². The highest BCUT2D eigenvalue weighted by molar-refractivity contribution is 5.76. The first-order chi connectivity index (χ1) is 10.4. The van der Waals surface area contributed by atoms with Crippen LogP contribution in [0.25, 0.3) is 0 Å². The van der Waals surface area contributed by atoms with E-state index in [0.29, 0.717) is 18.3 Å². The second-order valence-corrected chi connectivity index (χ2v) is 5.39. The van der Waals surface area contributed by atoms with Crippen molar-refractivity contribution in [1.82, 2.24) is 5.32 Å². The number of benzene rings is 1. The number of nitrogens with one attached hydrogen (secondary N) is 1. The quantitative estimate of drug-likeness (QED) is 0.665. The normalized spacial score (nSPS) is 12.0. The molecule has 0 heterocycles. The zero-order chi connectivity index (χ0) is 16.5. The number of nitrogens with two attached hydrogens (primary N) is 1. The Bertz CT molecular complexity index is 485. The van der Waals surface area contributed by atoms with E-state index in [2.05, 4.69) is 5.32 Å². The first-order valence-corrected chi connectivity index (χ1v) is 7.27. The van der Waals surface area contributed by atoms with Gasteiger partial charge in [0.25, 0.3) is 0 Å². The smallest absolute Gasteiger partial charge is 0.303 e. The van der Waals surface area contributed by atoms with Crippen LogP contribution in [0.4, 0.5) is 0 Å². The van der Waals surface area contributed by atoms with Gasteiger partial charge in [-0.25, -0.2) is 0 Å². The van der Waals surface area contributed by atoms with Gasteiger partial charge in [-0.2, -0.15) is 0 Å². The van der Waals surface area contributed by atoms with Gasteiger partial charge in [-0.1, -0.05) is 26.0 Å². The molecule has 6 nitrogen and oxygen atoms in total. The summed E-state index contributed by atoms with van der Waals surface area (Å²) in [7, 11) is 0. The van der Waals surface area contributed by atoms with Crippen LogP contribution in [0.3, 0.4) is 0 Å². The lowest BCUT2D eigenvalue weighted by Gasteiger charge is -2.19. The minimum atomic E-state index is -0.372. The number of amides is 1. The van der Waals surface area contributed by atoms with Crippen molar-refractivity contribution in [3.63, 3.8) is 0 Å². The van der Waals surface area contributed by atoms with E-state index in [1.807, 2.05) is 13.8 Å². The van der Waals surface area contributed by atoms with Gasteiger partial charge in [0.05, 0.1) is 6.42 Å². The number of carbonyl (C=O) groups excluding carboxylic acids is 2. The van der Waals surface area contributed by atoms with Crippen molar-refractivity contribution < 1.29 is 19.1 Å². The Labute approximate surface area is 131 Å². The summed E-state index contributed by atoms with van der Waals surface area (Å²) in [4.78, 5) is 21.9. The minimum Gasteiger partial charge on any atom is -0.490 e. The van der Waals surface area contributed by atoms with Crippen LogP contribution >= 0.6 is 0 Å². The molecule has 1 amide bonds. The molecule has 22 heavy (non-hydrogen) atoms. The number of ether oxygens (including phenoxy) is 2. The van der Waals surface area contributed by atoms with E-state index < -0.39 is 0 Å². The van der Waals surface area contributed by atoms with Gasteiger partial charge in [0.15, 0.2) is 0 Å². The fourth-order valence-electron chi connectivity index (χ4n) is 1.83. The molecule has 1 unspecified atom stereocenters. The summed E-state index contributed by atoms with van der Waals surface area (Å²) in [5.74, 6) is -0.0609. The Hall–Kier alpha value is -2.08. The molecule has 1 aromatic rings. The average molecular weight is 308 g/mol. The lowest BCUT2D eigenvalue weighted by atomic mass is 10.1. The van der Waals surface area contributed by atoms with Gasteiger partial charge in [-0.3, -0.25) is 9.59 Å². The van der Waals surface area contributed by atoms with Crippen LogP contribution in [-0.2, 0) is 20.7 Å². The second-order valence-electron chi connectivity index (χ2n) is 5.39. The maximum atomic E-state index is 11.1. The molecule has 0 aromatic heterocycles. The summed E-state index contributed by atoms with van der Waals surface area (Å²) in [6.45, 7) is 6.19. The van der Waals surface area contributed by atoms with Crippen molar-refractivity contribution in [3.05, 3.63) is 29.8 Å². The van der Waals surface area contributed by atoms with E-state index >= 15 is 0 Å². The largest absolute Gasteiger partial charge is 0.490 e. The number of hydrogen-bond acceptors (Lipinski definition) is 5. The van der Waals surface area contributed by atoms with Crippen LogP contribution in [0, 0.1) is 0 Å². The molecule has 1 rings (SSSR count). The SMILES string of the molecule is CC(=O)OC(CNC(C)C)COc1ccc(CC(N)=O)cc1. The van der Waals surface area contributed by atoms with Crippen LogP contribution in [-0.4, -0.2) is 37.2 Å². The maximum absolute atomic E-state index is 11.1. The van der Waals surface area contributed by atoms with Crippen molar-refractivity contribution in [2.24, 2.45) is 5.73 Å². The number of primary amides is 1. The Morgan fingerprint density at radius 2 is 1.86 bits per heavy atom. The molecule has 1 atom stereocenters. The molecule has 0 aliphatic carbocycles. The lowest BCUT2D eigenvalue weighted by molar-refractivity contribution is -0.147. The van der Waals surface area contributed by atoms with Crippen LogP contribution in [0.1, 0.15) is 26.3 Å². The van der Waals surface area contributed by atoms with Crippen molar-refractivity contribution in [2.45, 2.75) is 39.3 Å². The number of rotatable bonds is 9. The van der Waals surface area contributed by atoms with Crippen molar-refractivity contribution >= 4 is 11.9 Å². The van der Waals surface area contributed by atoms with Crippen LogP contribution in [0.2, 0.25) is 0 Å². The first kappa shape index (κ1) is 18.0. The fraction of sp³-hybridized carbons (Fsp3) is 0.500. The summed E-state index contributed by atoms with van der Waals surface area (Å²) < 4.78 is 10.8. The third-order valence-electron chi connectivity index (χ3n) is 2.82. The molecule has 6 heteroatoms. The van der Waals surface area contributed by atoms with Gasteiger partial charge in [-0.05, 0) is 17.7 Å². The van der Waals surface area contributed by atoms with Gasteiger partial charge >= 0.3 is 5.97 Å². The third kappa shape index (κ3) is 7.64. The lowest BCUT2D eigenvalue weighted by Crippen LogP contribution is -2.38.